The van der Waals surface area contributed by atoms with E-state index in [1.54, 1.807) is 24.1 Å². The van der Waals surface area contributed by atoms with Gasteiger partial charge in [0.1, 0.15) is 0 Å². The summed E-state index contributed by atoms with van der Waals surface area (Å²) in [6.45, 7) is 5.60. The molecule has 0 radical (unpaired) electrons. The molecule has 0 bridgehead atoms. The van der Waals surface area contributed by atoms with Crippen LogP contribution in [0.25, 0.3) is 0 Å². The maximum Gasteiger partial charge on any atom is 0.261 e. The highest BCUT2D eigenvalue weighted by Crippen LogP contribution is 2.23. The van der Waals surface area contributed by atoms with Crippen molar-refractivity contribution in [2.45, 2.75) is 13.8 Å². The van der Waals surface area contributed by atoms with Crippen LogP contribution in [0.3, 0.4) is 0 Å². The molecule has 1 aromatic carbocycles. The predicted octanol–water partition coefficient (Wildman–Crippen LogP) is 1.66. The maximum atomic E-state index is 12.7. The van der Waals surface area contributed by atoms with Crippen LogP contribution in [-0.4, -0.2) is 61.4 Å². The van der Waals surface area contributed by atoms with Crippen molar-refractivity contribution in [3.05, 3.63) is 34.9 Å². The summed E-state index contributed by atoms with van der Waals surface area (Å²) in [5.41, 5.74) is 1.05. The molecular weight excluding hydrogens is 296 g/mol. The van der Waals surface area contributed by atoms with E-state index in [1.165, 1.54) is 13.1 Å². The fourth-order valence-corrected chi connectivity index (χ4v) is 2.59. The highest BCUT2D eigenvalue weighted by molar-refractivity contribution is 6.21. The Morgan fingerprint density at radius 2 is 1.87 bits per heavy atom. The number of fused-ring (bicyclic) bond motifs is 1. The van der Waals surface area contributed by atoms with Crippen LogP contribution >= 0.6 is 0 Å². The fraction of sp³-hybridized carbons (Fsp3) is 0.471. The normalized spacial score (nSPS) is 13.7. The summed E-state index contributed by atoms with van der Waals surface area (Å²) < 4.78 is 5.06. The number of methoxy groups -OCH3 is 1. The summed E-state index contributed by atoms with van der Waals surface area (Å²) >= 11 is 0. The number of benzene rings is 1. The van der Waals surface area contributed by atoms with Gasteiger partial charge in [0.15, 0.2) is 0 Å². The second-order valence-corrected chi connectivity index (χ2v) is 6.07. The first-order valence-electron chi connectivity index (χ1n) is 7.61. The Balaban J connectivity index is 2.28. The highest BCUT2D eigenvalue weighted by Gasteiger charge is 2.33. The van der Waals surface area contributed by atoms with E-state index in [2.05, 4.69) is 0 Å². The Morgan fingerprint density at radius 3 is 2.48 bits per heavy atom. The number of hydrogen-bond acceptors (Lipinski definition) is 4. The van der Waals surface area contributed by atoms with Gasteiger partial charge in [0, 0.05) is 32.8 Å². The van der Waals surface area contributed by atoms with Crippen molar-refractivity contribution in [2.75, 3.05) is 33.9 Å². The lowest BCUT2D eigenvalue weighted by Gasteiger charge is -2.24. The zero-order valence-corrected chi connectivity index (χ0v) is 14.0. The van der Waals surface area contributed by atoms with E-state index in [9.17, 15) is 14.4 Å². The molecule has 0 fully saturated rings. The standard InChI is InChI=1S/C17H22N2O4/c1-11(2)10-19(7-8-23-4)15(20)12-5-6-13-14(9-12)17(22)18(3)16(13)21/h5-6,9,11H,7-8,10H2,1-4H3. The van der Waals surface area contributed by atoms with Gasteiger partial charge in [-0.1, -0.05) is 13.8 Å². The number of rotatable bonds is 6. The lowest BCUT2D eigenvalue weighted by atomic mass is 10.0. The van der Waals surface area contributed by atoms with Crippen molar-refractivity contribution in [2.24, 2.45) is 5.92 Å². The Labute approximate surface area is 136 Å². The summed E-state index contributed by atoms with van der Waals surface area (Å²) in [4.78, 5) is 39.5. The number of imide groups is 1. The summed E-state index contributed by atoms with van der Waals surface area (Å²) in [7, 11) is 3.03. The minimum Gasteiger partial charge on any atom is -0.383 e. The van der Waals surface area contributed by atoms with E-state index in [-0.39, 0.29) is 17.7 Å². The van der Waals surface area contributed by atoms with Crippen molar-refractivity contribution < 1.29 is 19.1 Å². The molecule has 0 saturated heterocycles. The van der Waals surface area contributed by atoms with E-state index in [4.69, 9.17) is 4.74 Å². The Kier molecular flexibility index (Phi) is 5.15. The molecule has 0 aromatic heterocycles. The van der Waals surface area contributed by atoms with Crippen LogP contribution in [0.2, 0.25) is 0 Å². The van der Waals surface area contributed by atoms with E-state index in [0.29, 0.717) is 42.3 Å². The fourth-order valence-electron chi connectivity index (χ4n) is 2.59. The molecule has 0 spiro atoms. The lowest BCUT2D eigenvalue weighted by molar-refractivity contribution is 0.0670. The van der Waals surface area contributed by atoms with Crippen molar-refractivity contribution >= 4 is 17.7 Å². The van der Waals surface area contributed by atoms with Crippen LogP contribution in [0.1, 0.15) is 44.9 Å². The summed E-state index contributed by atoms with van der Waals surface area (Å²) in [5, 5.41) is 0. The predicted molar refractivity (Wildman–Crippen MR) is 85.5 cm³/mol. The topological polar surface area (TPSA) is 66.9 Å². The van der Waals surface area contributed by atoms with Crippen LogP contribution in [0.5, 0.6) is 0 Å². The van der Waals surface area contributed by atoms with Crippen molar-refractivity contribution in [3.8, 4) is 0 Å². The van der Waals surface area contributed by atoms with E-state index < -0.39 is 0 Å². The third-order valence-corrected chi connectivity index (χ3v) is 3.77. The smallest absolute Gasteiger partial charge is 0.261 e. The molecule has 0 atom stereocenters. The van der Waals surface area contributed by atoms with Crippen molar-refractivity contribution in [1.29, 1.82) is 0 Å². The molecular formula is C17H22N2O4. The number of carbonyl (C=O) groups excluding carboxylic acids is 3. The molecule has 6 heteroatoms. The van der Waals surface area contributed by atoms with E-state index in [1.807, 2.05) is 13.8 Å². The van der Waals surface area contributed by atoms with Gasteiger partial charge in [0.25, 0.3) is 17.7 Å². The number of ether oxygens (including phenoxy) is 1. The van der Waals surface area contributed by atoms with Crippen LogP contribution in [0.15, 0.2) is 18.2 Å². The average Bonchev–Trinajstić information content (AvgIpc) is 2.74. The van der Waals surface area contributed by atoms with Gasteiger partial charge >= 0.3 is 0 Å². The van der Waals surface area contributed by atoms with Gasteiger partial charge in [0.05, 0.1) is 17.7 Å². The zero-order chi connectivity index (χ0) is 17.1. The van der Waals surface area contributed by atoms with Gasteiger partial charge in [-0.05, 0) is 24.1 Å². The molecule has 0 saturated carbocycles. The minimum atomic E-state index is -0.369. The van der Waals surface area contributed by atoms with E-state index in [0.717, 1.165) is 4.90 Å². The zero-order valence-electron chi connectivity index (χ0n) is 14.0. The molecule has 1 aliphatic rings. The van der Waals surface area contributed by atoms with Gasteiger partial charge in [0.2, 0.25) is 0 Å². The average molecular weight is 318 g/mol. The number of carbonyl (C=O) groups is 3. The van der Waals surface area contributed by atoms with E-state index >= 15 is 0 Å². The van der Waals surface area contributed by atoms with Crippen LogP contribution in [0, 0.1) is 5.92 Å². The van der Waals surface area contributed by atoms with Crippen molar-refractivity contribution in [1.82, 2.24) is 9.80 Å². The quantitative estimate of drug-likeness (QED) is 0.748. The SMILES string of the molecule is COCCN(CC(C)C)C(=O)c1ccc2c(c1)C(=O)N(C)C2=O. The molecule has 1 aliphatic heterocycles. The first-order chi connectivity index (χ1) is 10.9. The monoisotopic (exact) mass is 318 g/mol. The van der Waals surface area contributed by atoms with Gasteiger partial charge in [-0.25, -0.2) is 0 Å². The van der Waals surface area contributed by atoms with Gasteiger partial charge < -0.3 is 9.64 Å². The lowest BCUT2D eigenvalue weighted by Crippen LogP contribution is -2.36. The van der Waals surface area contributed by atoms with Gasteiger partial charge in [-0.15, -0.1) is 0 Å². The number of hydrogen-bond donors (Lipinski definition) is 0. The third kappa shape index (κ3) is 3.42. The highest BCUT2D eigenvalue weighted by atomic mass is 16.5. The number of amides is 3. The molecule has 0 aliphatic carbocycles. The Hall–Kier alpha value is -2.21. The number of nitrogens with zero attached hydrogens (tertiary/aromatic N) is 2. The van der Waals surface area contributed by atoms with Gasteiger partial charge in [-0.3, -0.25) is 19.3 Å². The molecule has 3 amide bonds. The Bertz CT molecular complexity index is 639. The molecule has 6 nitrogen and oxygen atoms in total. The molecule has 0 unspecified atom stereocenters. The summed E-state index contributed by atoms with van der Waals surface area (Å²) in [6.07, 6.45) is 0. The van der Waals surface area contributed by atoms with Crippen LogP contribution < -0.4 is 0 Å². The summed E-state index contributed by atoms with van der Waals surface area (Å²) in [6, 6.07) is 4.67. The second-order valence-electron chi connectivity index (χ2n) is 6.07. The maximum absolute atomic E-state index is 12.7. The minimum absolute atomic E-state index is 0.159. The Morgan fingerprint density at radius 1 is 1.22 bits per heavy atom. The molecule has 1 aromatic rings. The summed E-state index contributed by atoms with van der Waals surface area (Å²) in [5.74, 6) is -0.540. The van der Waals surface area contributed by atoms with Crippen LogP contribution in [0.4, 0.5) is 0 Å². The second kappa shape index (κ2) is 6.91. The third-order valence-electron chi connectivity index (χ3n) is 3.77. The van der Waals surface area contributed by atoms with Crippen molar-refractivity contribution in [3.63, 3.8) is 0 Å². The molecule has 0 N–H and O–H groups in total. The molecule has 124 valence electrons. The molecule has 1 heterocycles. The van der Waals surface area contributed by atoms with Crippen LogP contribution in [-0.2, 0) is 4.74 Å². The molecule has 2 rings (SSSR count). The first-order valence-corrected chi connectivity index (χ1v) is 7.61. The molecule has 23 heavy (non-hydrogen) atoms. The largest absolute Gasteiger partial charge is 0.383 e. The van der Waals surface area contributed by atoms with Gasteiger partial charge in [-0.2, -0.15) is 0 Å². The first kappa shape index (κ1) is 17.1.